The smallest absolute Gasteiger partial charge is 0.413 e. The van der Waals surface area contributed by atoms with Crippen LogP contribution in [0.15, 0.2) is 52.9 Å². The highest BCUT2D eigenvalue weighted by molar-refractivity contribution is 5.95. The number of amides is 2. The molecule has 0 N–H and O–H groups in total. The molecule has 37 heavy (non-hydrogen) atoms. The number of alkyl halides is 3. The molecular formula is C26H26F4N4O3. The highest BCUT2D eigenvalue weighted by Crippen LogP contribution is 2.31. The molecule has 11 heteroatoms. The molecule has 0 spiro atoms. The first-order chi connectivity index (χ1) is 17.5. The standard InChI is InChI=1S/C26H26F4N4O3/c1-16(2)23(35)33-12-10-17(11-13-33)24(36)34(20-6-4-3-5-7-20)15-19-9-8-18(14-21(19)27)22-31-32-25(37-22)26(28,29)30/h3-9,14,16-17H,10-13,15H2,1-2H3. The molecule has 1 aliphatic heterocycles. The van der Waals surface area contributed by atoms with Gasteiger partial charge in [0.1, 0.15) is 5.82 Å². The largest absolute Gasteiger partial charge is 0.470 e. The molecule has 0 bridgehead atoms. The quantitative estimate of drug-likeness (QED) is 0.413. The molecule has 2 heterocycles. The fraction of sp³-hybridized carbons (Fsp3) is 0.385. The minimum atomic E-state index is -4.81. The number of benzene rings is 2. The lowest BCUT2D eigenvalue weighted by molar-refractivity contribution is -0.157. The first kappa shape index (κ1) is 26.3. The Bertz CT molecular complexity index is 1250. The predicted molar refractivity (Wildman–Crippen MR) is 126 cm³/mol. The van der Waals surface area contributed by atoms with Crippen LogP contribution < -0.4 is 4.90 Å². The third-order valence-electron chi connectivity index (χ3n) is 6.28. The summed E-state index contributed by atoms with van der Waals surface area (Å²) in [6.45, 7) is 4.54. The van der Waals surface area contributed by atoms with E-state index < -0.39 is 23.8 Å². The van der Waals surface area contributed by atoms with E-state index in [9.17, 15) is 22.8 Å². The normalized spacial score (nSPS) is 14.7. The molecule has 7 nitrogen and oxygen atoms in total. The van der Waals surface area contributed by atoms with Crippen LogP contribution in [0, 0.1) is 17.7 Å². The number of piperidine rings is 1. The number of hydrogen-bond donors (Lipinski definition) is 0. The van der Waals surface area contributed by atoms with Gasteiger partial charge in [-0.05, 0) is 37.1 Å². The zero-order valence-corrected chi connectivity index (χ0v) is 20.3. The Morgan fingerprint density at radius 2 is 1.76 bits per heavy atom. The number of aromatic nitrogens is 2. The van der Waals surface area contributed by atoms with Crippen LogP contribution in [0.2, 0.25) is 0 Å². The Balaban J connectivity index is 1.54. The van der Waals surface area contributed by atoms with Crippen LogP contribution in [-0.4, -0.2) is 40.0 Å². The lowest BCUT2D eigenvalue weighted by atomic mass is 9.94. The number of halogens is 4. The molecule has 3 aromatic rings. The topological polar surface area (TPSA) is 79.5 Å². The fourth-order valence-electron chi connectivity index (χ4n) is 4.27. The Hall–Kier alpha value is -3.76. The van der Waals surface area contributed by atoms with Crippen LogP contribution >= 0.6 is 0 Å². The molecular weight excluding hydrogens is 492 g/mol. The summed E-state index contributed by atoms with van der Waals surface area (Å²) in [4.78, 5) is 29.1. The van der Waals surface area contributed by atoms with Crippen molar-refractivity contribution in [2.45, 2.75) is 39.4 Å². The second kappa shape index (κ2) is 10.7. The van der Waals surface area contributed by atoms with Gasteiger partial charge >= 0.3 is 12.1 Å². The number of para-hydroxylation sites is 1. The summed E-state index contributed by atoms with van der Waals surface area (Å²) in [6, 6.07) is 12.6. The van der Waals surface area contributed by atoms with E-state index in [0.29, 0.717) is 31.6 Å². The molecule has 1 fully saturated rings. The number of carbonyl (C=O) groups excluding carboxylic acids is 2. The average Bonchev–Trinajstić information content (AvgIpc) is 3.39. The van der Waals surface area contributed by atoms with Gasteiger partial charge in [0.05, 0.1) is 6.54 Å². The minimum absolute atomic E-state index is 0.0102. The Labute approximate surface area is 211 Å². The first-order valence-electron chi connectivity index (χ1n) is 11.9. The van der Waals surface area contributed by atoms with E-state index >= 15 is 4.39 Å². The summed E-state index contributed by atoms with van der Waals surface area (Å²) >= 11 is 0. The van der Waals surface area contributed by atoms with Crippen molar-refractivity contribution < 1.29 is 31.6 Å². The first-order valence-corrected chi connectivity index (χ1v) is 11.9. The van der Waals surface area contributed by atoms with Gasteiger partial charge in [-0.3, -0.25) is 9.59 Å². The van der Waals surface area contributed by atoms with E-state index in [1.54, 1.807) is 35.2 Å². The molecule has 4 rings (SSSR count). The third-order valence-corrected chi connectivity index (χ3v) is 6.28. The maximum absolute atomic E-state index is 15.1. The minimum Gasteiger partial charge on any atom is -0.413 e. The van der Waals surface area contributed by atoms with Gasteiger partial charge in [0.15, 0.2) is 0 Å². The van der Waals surface area contributed by atoms with E-state index in [0.717, 1.165) is 6.07 Å². The zero-order valence-electron chi connectivity index (χ0n) is 20.3. The van der Waals surface area contributed by atoms with E-state index in [1.807, 2.05) is 13.8 Å². The molecule has 0 atom stereocenters. The molecule has 0 unspecified atom stereocenters. The summed E-state index contributed by atoms with van der Waals surface area (Å²) in [5.41, 5.74) is 0.747. The van der Waals surface area contributed by atoms with Gasteiger partial charge < -0.3 is 14.2 Å². The number of anilines is 1. The van der Waals surface area contributed by atoms with Crippen molar-refractivity contribution in [3.8, 4) is 11.5 Å². The van der Waals surface area contributed by atoms with E-state index in [1.165, 1.54) is 17.0 Å². The Morgan fingerprint density at radius 1 is 1.08 bits per heavy atom. The van der Waals surface area contributed by atoms with Gasteiger partial charge in [-0.15, -0.1) is 10.2 Å². The van der Waals surface area contributed by atoms with Gasteiger partial charge in [0, 0.05) is 41.7 Å². The summed E-state index contributed by atoms with van der Waals surface area (Å²) in [6.07, 6.45) is -3.81. The van der Waals surface area contributed by atoms with Crippen LogP contribution in [-0.2, 0) is 22.3 Å². The van der Waals surface area contributed by atoms with Crippen molar-refractivity contribution >= 4 is 17.5 Å². The van der Waals surface area contributed by atoms with Crippen LogP contribution in [0.4, 0.5) is 23.2 Å². The maximum atomic E-state index is 15.1. The van der Waals surface area contributed by atoms with Crippen molar-refractivity contribution in [1.82, 2.24) is 15.1 Å². The molecule has 0 saturated carbocycles. The van der Waals surface area contributed by atoms with Gasteiger partial charge in [-0.2, -0.15) is 13.2 Å². The van der Waals surface area contributed by atoms with Crippen molar-refractivity contribution in [3.63, 3.8) is 0 Å². The van der Waals surface area contributed by atoms with Crippen LogP contribution in [0.3, 0.4) is 0 Å². The Kier molecular flexibility index (Phi) is 7.60. The predicted octanol–water partition coefficient (Wildman–Crippen LogP) is 5.32. The van der Waals surface area contributed by atoms with Gasteiger partial charge in [0.25, 0.3) is 0 Å². The zero-order chi connectivity index (χ0) is 26.7. The number of hydrogen-bond acceptors (Lipinski definition) is 5. The highest BCUT2D eigenvalue weighted by atomic mass is 19.4. The number of likely N-dealkylation sites (tertiary alicyclic amines) is 1. The monoisotopic (exact) mass is 518 g/mol. The summed E-state index contributed by atoms with van der Waals surface area (Å²) in [7, 11) is 0. The van der Waals surface area contributed by atoms with E-state index in [-0.39, 0.29) is 41.3 Å². The number of nitrogens with zero attached hydrogens (tertiary/aromatic N) is 4. The molecule has 2 amide bonds. The van der Waals surface area contributed by atoms with Crippen molar-refractivity contribution in [3.05, 3.63) is 65.8 Å². The maximum Gasteiger partial charge on any atom is 0.470 e. The second-order valence-corrected chi connectivity index (χ2v) is 9.23. The lowest BCUT2D eigenvalue weighted by Gasteiger charge is -2.35. The van der Waals surface area contributed by atoms with E-state index in [2.05, 4.69) is 14.6 Å². The molecule has 1 aromatic heterocycles. The van der Waals surface area contributed by atoms with Gasteiger partial charge in [-0.25, -0.2) is 4.39 Å². The van der Waals surface area contributed by atoms with Crippen molar-refractivity contribution in [1.29, 1.82) is 0 Å². The van der Waals surface area contributed by atoms with Gasteiger partial charge in [-0.1, -0.05) is 38.1 Å². The second-order valence-electron chi connectivity index (χ2n) is 9.23. The van der Waals surface area contributed by atoms with Crippen molar-refractivity contribution in [2.75, 3.05) is 18.0 Å². The van der Waals surface area contributed by atoms with Crippen LogP contribution in [0.5, 0.6) is 0 Å². The van der Waals surface area contributed by atoms with Crippen LogP contribution in [0.1, 0.15) is 38.1 Å². The van der Waals surface area contributed by atoms with Crippen LogP contribution in [0.25, 0.3) is 11.5 Å². The summed E-state index contributed by atoms with van der Waals surface area (Å²) in [5.74, 6) is -3.29. The number of rotatable bonds is 6. The summed E-state index contributed by atoms with van der Waals surface area (Å²) < 4.78 is 58.0. The molecule has 0 radical (unpaired) electrons. The third kappa shape index (κ3) is 5.98. The molecule has 2 aromatic carbocycles. The SMILES string of the molecule is CC(C)C(=O)N1CCC(C(=O)N(Cc2ccc(-c3nnc(C(F)(F)F)o3)cc2F)c2ccccc2)CC1. The average molecular weight is 519 g/mol. The Morgan fingerprint density at radius 3 is 2.32 bits per heavy atom. The van der Waals surface area contributed by atoms with Gasteiger partial charge in [0.2, 0.25) is 17.7 Å². The number of carbonyl (C=O) groups is 2. The molecule has 0 aliphatic carbocycles. The molecule has 196 valence electrons. The lowest BCUT2D eigenvalue weighted by Crippen LogP contribution is -2.45. The van der Waals surface area contributed by atoms with E-state index in [4.69, 9.17) is 0 Å². The fourth-order valence-corrected chi connectivity index (χ4v) is 4.27. The van der Waals surface area contributed by atoms with Crippen molar-refractivity contribution in [2.24, 2.45) is 11.8 Å². The molecule has 1 aliphatic rings. The summed E-state index contributed by atoms with van der Waals surface area (Å²) in [5, 5.41) is 6.32. The highest BCUT2D eigenvalue weighted by Gasteiger charge is 2.38. The molecule has 1 saturated heterocycles.